The van der Waals surface area contributed by atoms with Gasteiger partial charge in [-0.05, 0) is 48.4 Å². The summed E-state index contributed by atoms with van der Waals surface area (Å²) >= 11 is 3.43. The average molecular weight is 396 g/mol. The van der Waals surface area contributed by atoms with Crippen molar-refractivity contribution in [2.24, 2.45) is 0 Å². The summed E-state index contributed by atoms with van der Waals surface area (Å²) in [6, 6.07) is 22.9. The Morgan fingerprint density at radius 2 is 1.72 bits per heavy atom. The van der Waals surface area contributed by atoms with Crippen molar-refractivity contribution in [3.8, 4) is 5.75 Å². The number of nitrogens with one attached hydrogen (secondary N) is 1. The van der Waals surface area contributed by atoms with Crippen LogP contribution < -0.4 is 10.1 Å². The second-order valence-electron chi connectivity index (χ2n) is 5.68. The van der Waals surface area contributed by atoms with Crippen LogP contribution in [0.3, 0.4) is 0 Å². The SMILES string of the molecule is Cc1cc(Br)ccc1NC(=O)c1ccccc1OCc1ccccc1. The number of hydrogen-bond donors (Lipinski definition) is 1. The third kappa shape index (κ3) is 4.48. The van der Waals surface area contributed by atoms with Crippen molar-refractivity contribution in [3.05, 3.63) is 94.0 Å². The number of aryl methyl sites for hydroxylation is 1. The van der Waals surface area contributed by atoms with Crippen LogP contribution in [0.25, 0.3) is 0 Å². The molecule has 0 heterocycles. The highest BCUT2D eigenvalue weighted by atomic mass is 79.9. The molecule has 4 heteroatoms. The molecule has 25 heavy (non-hydrogen) atoms. The lowest BCUT2D eigenvalue weighted by atomic mass is 10.1. The van der Waals surface area contributed by atoms with Gasteiger partial charge in [-0.25, -0.2) is 0 Å². The van der Waals surface area contributed by atoms with Gasteiger partial charge in [0.15, 0.2) is 0 Å². The largest absolute Gasteiger partial charge is 0.488 e. The molecule has 3 aromatic carbocycles. The van der Waals surface area contributed by atoms with Gasteiger partial charge >= 0.3 is 0 Å². The summed E-state index contributed by atoms with van der Waals surface area (Å²) in [5.74, 6) is 0.382. The molecule has 0 aliphatic rings. The van der Waals surface area contributed by atoms with E-state index in [4.69, 9.17) is 4.74 Å². The fourth-order valence-corrected chi connectivity index (χ4v) is 2.95. The molecular formula is C21H18BrNO2. The monoisotopic (exact) mass is 395 g/mol. The molecule has 1 N–H and O–H groups in total. The maximum Gasteiger partial charge on any atom is 0.259 e. The van der Waals surface area contributed by atoms with E-state index in [1.807, 2.05) is 73.7 Å². The number of rotatable bonds is 5. The maximum absolute atomic E-state index is 12.7. The normalized spacial score (nSPS) is 10.3. The van der Waals surface area contributed by atoms with Crippen LogP contribution >= 0.6 is 15.9 Å². The lowest BCUT2D eigenvalue weighted by Gasteiger charge is -2.13. The smallest absolute Gasteiger partial charge is 0.259 e. The number of para-hydroxylation sites is 1. The van der Waals surface area contributed by atoms with Gasteiger partial charge in [-0.3, -0.25) is 4.79 Å². The Bertz CT molecular complexity index is 878. The Morgan fingerprint density at radius 3 is 2.48 bits per heavy atom. The van der Waals surface area contributed by atoms with Gasteiger partial charge in [-0.15, -0.1) is 0 Å². The predicted octanol–water partition coefficient (Wildman–Crippen LogP) is 5.59. The minimum Gasteiger partial charge on any atom is -0.488 e. The molecule has 0 aliphatic heterocycles. The Labute approximate surface area is 155 Å². The number of anilines is 1. The number of carbonyl (C=O) groups excluding carboxylic acids is 1. The lowest BCUT2D eigenvalue weighted by Crippen LogP contribution is -2.14. The van der Waals surface area contributed by atoms with E-state index in [0.717, 1.165) is 21.3 Å². The summed E-state index contributed by atoms with van der Waals surface area (Å²) in [5.41, 5.74) is 3.35. The number of hydrogen-bond acceptors (Lipinski definition) is 2. The van der Waals surface area contributed by atoms with E-state index >= 15 is 0 Å². The van der Waals surface area contributed by atoms with Gasteiger partial charge in [0.05, 0.1) is 5.56 Å². The van der Waals surface area contributed by atoms with Crippen molar-refractivity contribution < 1.29 is 9.53 Å². The van der Waals surface area contributed by atoms with Crippen LogP contribution in [0.5, 0.6) is 5.75 Å². The predicted molar refractivity (Wildman–Crippen MR) is 104 cm³/mol. The Morgan fingerprint density at radius 1 is 1.00 bits per heavy atom. The van der Waals surface area contributed by atoms with Crippen LogP contribution in [0.4, 0.5) is 5.69 Å². The third-order valence-electron chi connectivity index (χ3n) is 3.81. The van der Waals surface area contributed by atoms with Crippen LogP contribution in [0.2, 0.25) is 0 Å². The van der Waals surface area contributed by atoms with E-state index < -0.39 is 0 Å². The van der Waals surface area contributed by atoms with Crippen LogP contribution in [-0.4, -0.2) is 5.91 Å². The quantitative estimate of drug-likeness (QED) is 0.611. The highest BCUT2D eigenvalue weighted by molar-refractivity contribution is 9.10. The number of ether oxygens (including phenoxy) is 1. The second-order valence-corrected chi connectivity index (χ2v) is 6.60. The number of benzene rings is 3. The first-order valence-electron chi connectivity index (χ1n) is 7.97. The Hall–Kier alpha value is -2.59. The highest BCUT2D eigenvalue weighted by Gasteiger charge is 2.13. The summed E-state index contributed by atoms with van der Waals surface area (Å²) < 4.78 is 6.84. The van der Waals surface area contributed by atoms with Crippen molar-refractivity contribution in [1.29, 1.82) is 0 Å². The number of amides is 1. The van der Waals surface area contributed by atoms with E-state index in [0.29, 0.717) is 17.9 Å². The highest BCUT2D eigenvalue weighted by Crippen LogP contribution is 2.24. The molecule has 3 nitrogen and oxygen atoms in total. The fourth-order valence-electron chi connectivity index (χ4n) is 2.47. The van der Waals surface area contributed by atoms with Crippen molar-refractivity contribution in [3.63, 3.8) is 0 Å². The first-order chi connectivity index (χ1) is 12.1. The average Bonchev–Trinajstić information content (AvgIpc) is 2.63. The molecule has 0 saturated heterocycles. The van der Waals surface area contributed by atoms with Gasteiger partial charge in [0.1, 0.15) is 12.4 Å². The molecule has 0 aromatic heterocycles. The van der Waals surface area contributed by atoms with Crippen LogP contribution in [0, 0.1) is 6.92 Å². The van der Waals surface area contributed by atoms with Gasteiger partial charge < -0.3 is 10.1 Å². The molecule has 0 unspecified atom stereocenters. The summed E-state index contributed by atoms with van der Waals surface area (Å²) in [6.07, 6.45) is 0. The molecule has 0 fully saturated rings. The van der Waals surface area contributed by atoms with Crippen molar-refractivity contribution in [2.75, 3.05) is 5.32 Å². The van der Waals surface area contributed by atoms with Crippen molar-refractivity contribution >= 4 is 27.5 Å². The van der Waals surface area contributed by atoms with E-state index in [-0.39, 0.29) is 5.91 Å². The van der Waals surface area contributed by atoms with Crippen LogP contribution in [0.15, 0.2) is 77.3 Å². The van der Waals surface area contributed by atoms with Gasteiger partial charge in [-0.1, -0.05) is 58.4 Å². The first kappa shape index (κ1) is 17.2. The minimum atomic E-state index is -0.186. The van der Waals surface area contributed by atoms with Gasteiger partial charge in [0, 0.05) is 10.2 Å². The molecule has 0 radical (unpaired) electrons. The van der Waals surface area contributed by atoms with E-state index in [1.54, 1.807) is 6.07 Å². The molecule has 0 bridgehead atoms. The Kier molecular flexibility index (Phi) is 5.51. The zero-order chi connectivity index (χ0) is 17.6. The summed E-state index contributed by atoms with van der Waals surface area (Å²) in [6.45, 7) is 2.38. The number of halogens is 1. The zero-order valence-electron chi connectivity index (χ0n) is 13.8. The van der Waals surface area contributed by atoms with Gasteiger partial charge in [0.2, 0.25) is 0 Å². The second kappa shape index (κ2) is 7.99. The first-order valence-corrected chi connectivity index (χ1v) is 8.76. The lowest BCUT2D eigenvalue weighted by molar-refractivity contribution is 0.102. The molecule has 3 rings (SSSR count). The molecule has 0 aliphatic carbocycles. The van der Waals surface area contributed by atoms with Crippen LogP contribution in [0.1, 0.15) is 21.5 Å². The van der Waals surface area contributed by atoms with E-state index in [1.165, 1.54) is 0 Å². The van der Waals surface area contributed by atoms with Gasteiger partial charge in [-0.2, -0.15) is 0 Å². The topological polar surface area (TPSA) is 38.3 Å². The van der Waals surface area contributed by atoms with E-state index in [9.17, 15) is 4.79 Å². The van der Waals surface area contributed by atoms with Crippen molar-refractivity contribution in [1.82, 2.24) is 0 Å². The number of carbonyl (C=O) groups is 1. The Balaban J connectivity index is 1.76. The molecule has 126 valence electrons. The van der Waals surface area contributed by atoms with Gasteiger partial charge in [0.25, 0.3) is 5.91 Å². The fraction of sp³-hybridized carbons (Fsp3) is 0.0952. The van der Waals surface area contributed by atoms with Crippen LogP contribution in [-0.2, 0) is 6.61 Å². The standard InChI is InChI=1S/C21H18BrNO2/c1-15-13-17(22)11-12-19(15)23-21(24)18-9-5-6-10-20(18)25-14-16-7-3-2-4-8-16/h2-13H,14H2,1H3,(H,23,24). The zero-order valence-corrected chi connectivity index (χ0v) is 15.4. The minimum absolute atomic E-state index is 0.186. The molecule has 0 saturated carbocycles. The molecule has 0 spiro atoms. The summed E-state index contributed by atoms with van der Waals surface area (Å²) in [4.78, 5) is 12.7. The molecule has 0 atom stereocenters. The molecular weight excluding hydrogens is 378 g/mol. The molecule has 1 amide bonds. The van der Waals surface area contributed by atoms with Crippen molar-refractivity contribution in [2.45, 2.75) is 13.5 Å². The summed E-state index contributed by atoms with van der Waals surface area (Å²) in [7, 11) is 0. The van der Waals surface area contributed by atoms with E-state index in [2.05, 4.69) is 21.2 Å². The maximum atomic E-state index is 12.7. The third-order valence-corrected chi connectivity index (χ3v) is 4.30. The summed E-state index contributed by atoms with van der Waals surface area (Å²) in [5, 5.41) is 2.95. The molecule has 3 aromatic rings.